The SMILES string of the molecule is CCCOC(=O)Nc1ncccc1Cl. The van der Waals surface area contributed by atoms with Gasteiger partial charge in [-0.3, -0.25) is 5.32 Å². The summed E-state index contributed by atoms with van der Waals surface area (Å²) in [4.78, 5) is 15.0. The fraction of sp³-hybridized carbons (Fsp3) is 0.333. The summed E-state index contributed by atoms with van der Waals surface area (Å²) in [5.41, 5.74) is 0. The number of aromatic nitrogens is 1. The van der Waals surface area contributed by atoms with Crippen molar-refractivity contribution < 1.29 is 9.53 Å². The molecule has 1 aromatic rings. The number of anilines is 1. The highest BCUT2D eigenvalue weighted by Crippen LogP contribution is 2.17. The van der Waals surface area contributed by atoms with Crippen LogP contribution in [0.3, 0.4) is 0 Å². The van der Waals surface area contributed by atoms with Crippen molar-refractivity contribution in [2.45, 2.75) is 13.3 Å². The molecule has 1 heterocycles. The summed E-state index contributed by atoms with van der Waals surface area (Å²) >= 11 is 5.77. The Balaban J connectivity index is 2.52. The Hall–Kier alpha value is -1.29. The second-order valence-electron chi connectivity index (χ2n) is 2.59. The fourth-order valence-corrected chi connectivity index (χ4v) is 0.974. The second kappa shape index (κ2) is 5.44. The molecule has 0 saturated carbocycles. The minimum Gasteiger partial charge on any atom is -0.449 e. The summed E-state index contributed by atoms with van der Waals surface area (Å²) in [5.74, 6) is 0.315. The van der Waals surface area contributed by atoms with Crippen molar-refractivity contribution in [1.82, 2.24) is 4.98 Å². The van der Waals surface area contributed by atoms with E-state index < -0.39 is 6.09 Å². The van der Waals surface area contributed by atoms with E-state index in [1.165, 1.54) is 0 Å². The quantitative estimate of drug-likeness (QED) is 0.842. The zero-order valence-corrected chi connectivity index (χ0v) is 8.54. The predicted octanol–water partition coefficient (Wildman–Crippen LogP) is 2.69. The largest absolute Gasteiger partial charge is 0.449 e. The highest BCUT2D eigenvalue weighted by Gasteiger charge is 2.05. The topological polar surface area (TPSA) is 51.2 Å². The molecule has 4 nitrogen and oxygen atoms in total. The molecule has 0 aliphatic rings. The molecule has 0 radical (unpaired) electrons. The van der Waals surface area contributed by atoms with Crippen LogP contribution in [0.4, 0.5) is 10.6 Å². The molecular weight excluding hydrogens is 204 g/mol. The van der Waals surface area contributed by atoms with Gasteiger partial charge in [-0.2, -0.15) is 0 Å². The van der Waals surface area contributed by atoms with E-state index in [0.29, 0.717) is 17.4 Å². The molecule has 0 aliphatic heterocycles. The zero-order valence-electron chi connectivity index (χ0n) is 7.79. The minimum atomic E-state index is -0.535. The number of amides is 1. The van der Waals surface area contributed by atoms with Gasteiger partial charge in [-0.05, 0) is 18.6 Å². The lowest BCUT2D eigenvalue weighted by molar-refractivity contribution is 0.161. The predicted molar refractivity (Wildman–Crippen MR) is 54.5 cm³/mol. The zero-order chi connectivity index (χ0) is 10.4. The van der Waals surface area contributed by atoms with Crippen LogP contribution in [-0.4, -0.2) is 17.7 Å². The van der Waals surface area contributed by atoms with Gasteiger partial charge in [0, 0.05) is 6.20 Å². The van der Waals surface area contributed by atoms with Crippen LogP contribution < -0.4 is 5.32 Å². The van der Waals surface area contributed by atoms with Crippen molar-refractivity contribution in [1.29, 1.82) is 0 Å². The van der Waals surface area contributed by atoms with Crippen LogP contribution in [0.5, 0.6) is 0 Å². The van der Waals surface area contributed by atoms with E-state index in [1.54, 1.807) is 18.3 Å². The van der Waals surface area contributed by atoms with Crippen molar-refractivity contribution in [3.05, 3.63) is 23.4 Å². The molecule has 0 bridgehead atoms. The maximum Gasteiger partial charge on any atom is 0.412 e. The Kier molecular flexibility index (Phi) is 4.19. The first kappa shape index (κ1) is 10.8. The number of ether oxygens (including phenoxy) is 1. The number of nitrogens with zero attached hydrogens (tertiary/aromatic N) is 1. The number of halogens is 1. The molecule has 0 atom stereocenters. The van der Waals surface area contributed by atoms with Crippen molar-refractivity contribution >= 4 is 23.5 Å². The average molecular weight is 215 g/mol. The van der Waals surface area contributed by atoms with Crippen molar-refractivity contribution in [2.24, 2.45) is 0 Å². The van der Waals surface area contributed by atoms with Gasteiger partial charge in [0.05, 0.1) is 11.6 Å². The highest BCUT2D eigenvalue weighted by molar-refractivity contribution is 6.33. The van der Waals surface area contributed by atoms with Crippen molar-refractivity contribution in [2.75, 3.05) is 11.9 Å². The van der Waals surface area contributed by atoms with Crippen LogP contribution in [0.25, 0.3) is 0 Å². The first-order chi connectivity index (χ1) is 6.74. The molecule has 5 heteroatoms. The fourth-order valence-electron chi connectivity index (χ4n) is 0.805. The summed E-state index contributed by atoms with van der Waals surface area (Å²) in [6.07, 6.45) is 1.79. The number of hydrogen-bond donors (Lipinski definition) is 1. The lowest BCUT2D eigenvalue weighted by Gasteiger charge is -2.05. The normalized spacial score (nSPS) is 9.57. The molecule has 1 rings (SSSR count). The molecule has 0 aromatic carbocycles. The summed E-state index contributed by atoms with van der Waals surface area (Å²) in [6, 6.07) is 3.33. The van der Waals surface area contributed by atoms with Crippen LogP contribution in [0, 0.1) is 0 Å². The van der Waals surface area contributed by atoms with Crippen LogP contribution in [-0.2, 0) is 4.74 Å². The lowest BCUT2D eigenvalue weighted by atomic mass is 10.4. The van der Waals surface area contributed by atoms with E-state index >= 15 is 0 Å². The van der Waals surface area contributed by atoms with Gasteiger partial charge in [0.25, 0.3) is 0 Å². The molecular formula is C9H11ClN2O2. The summed E-state index contributed by atoms with van der Waals surface area (Å²) in [7, 11) is 0. The number of carbonyl (C=O) groups excluding carboxylic acids is 1. The monoisotopic (exact) mass is 214 g/mol. The maximum atomic E-state index is 11.1. The molecule has 0 fully saturated rings. The van der Waals surface area contributed by atoms with E-state index in [1.807, 2.05) is 6.92 Å². The van der Waals surface area contributed by atoms with Crippen molar-refractivity contribution in [3.63, 3.8) is 0 Å². The molecule has 0 aliphatic carbocycles. The Morgan fingerprint density at radius 3 is 3.14 bits per heavy atom. The minimum absolute atomic E-state index is 0.315. The smallest absolute Gasteiger partial charge is 0.412 e. The standard InChI is InChI=1S/C9H11ClN2O2/c1-2-6-14-9(13)12-8-7(10)4-3-5-11-8/h3-5H,2,6H2,1H3,(H,11,12,13). The Morgan fingerprint density at radius 1 is 1.71 bits per heavy atom. The molecule has 1 N–H and O–H groups in total. The van der Waals surface area contributed by atoms with E-state index in [0.717, 1.165) is 6.42 Å². The van der Waals surface area contributed by atoms with Gasteiger partial charge in [0.15, 0.2) is 5.82 Å². The first-order valence-electron chi connectivity index (χ1n) is 4.28. The third-order valence-corrected chi connectivity index (χ3v) is 1.72. The van der Waals surface area contributed by atoms with Gasteiger partial charge < -0.3 is 4.74 Å². The van der Waals surface area contributed by atoms with Crippen LogP contribution in [0.1, 0.15) is 13.3 Å². The molecule has 0 saturated heterocycles. The summed E-state index contributed by atoms with van der Waals surface area (Å²) in [5, 5.41) is 2.83. The maximum absolute atomic E-state index is 11.1. The van der Waals surface area contributed by atoms with Gasteiger partial charge in [0.2, 0.25) is 0 Å². The number of carbonyl (C=O) groups is 1. The van der Waals surface area contributed by atoms with Gasteiger partial charge >= 0.3 is 6.09 Å². The van der Waals surface area contributed by atoms with Crippen LogP contribution in [0.15, 0.2) is 18.3 Å². The van der Waals surface area contributed by atoms with Gasteiger partial charge in [-0.25, -0.2) is 9.78 Å². The Bertz CT molecular complexity index is 317. The van der Waals surface area contributed by atoms with E-state index in [4.69, 9.17) is 16.3 Å². The third-order valence-electron chi connectivity index (χ3n) is 1.42. The summed E-state index contributed by atoms with van der Waals surface area (Å²) in [6.45, 7) is 2.30. The molecule has 0 unspecified atom stereocenters. The summed E-state index contributed by atoms with van der Waals surface area (Å²) < 4.78 is 4.80. The van der Waals surface area contributed by atoms with Crippen molar-refractivity contribution in [3.8, 4) is 0 Å². The number of hydrogen-bond acceptors (Lipinski definition) is 3. The molecule has 1 aromatic heterocycles. The van der Waals surface area contributed by atoms with Gasteiger partial charge in [0.1, 0.15) is 0 Å². The number of pyridine rings is 1. The van der Waals surface area contributed by atoms with Crippen LogP contribution >= 0.6 is 11.6 Å². The van der Waals surface area contributed by atoms with Crippen LogP contribution in [0.2, 0.25) is 5.02 Å². The molecule has 76 valence electrons. The number of rotatable bonds is 3. The highest BCUT2D eigenvalue weighted by atomic mass is 35.5. The lowest BCUT2D eigenvalue weighted by Crippen LogP contribution is -2.15. The third kappa shape index (κ3) is 3.22. The van der Waals surface area contributed by atoms with Gasteiger partial charge in [-0.1, -0.05) is 18.5 Å². The second-order valence-corrected chi connectivity index (χ2v) is 3.00. The Labute approximate surface area is 87.2 Å². The van der Waals surface area contributed by atoms with E-state index in [9.17, 15) is 4.79 Å². The van der Waals surface area contributed by atoms with E-state index in [-0.39, 0.29) is 0 Å². The molecule has 14 heavy (non-hydrogen) atoms. The molecule has 1 amide bonds. The first-order valence-corrected chi connectivity index (χ1v) is 4.66. The molecule has 0 spiro atoms. The Morgan fingerprint density at radius 2 is 2.50 bits per heavy atom. The average Bonchev–Trinajstić information content (AvgIpc) is 2.18. The van der Waals surface area contributed by atoms with E-state index in [2.05, 4.69) is 10.3 Å². The van der Waals surface area contributed by atoms with Gasteiger partial charge in [-0.15, -0.1) is 0 Å². The number of nitrogens with one attached hydrogen (secondary N) is 1.